The van der Waals surface area contributed by atoms with Crippen LogP contribution in [0.3, 0.4) is 0 Å². The first kappa shape index (κ1) is 32.1. The van der Waals surface area contributed by atoms with Crippen LogP contribution in [-0.2, 0) is 8.85 Å². The lowest BCUT2D eigenvalue weighted by Gasteiger charge is -2.45. The molecule has 0 radical (unpaired) electrons. The number of allylic oxidation sites excluding steroid dienone is 4. The Hall–Kier alpha value is -0.466. The van der Waals surface area contributed by atoms with Gasteiger partial charge in [0.2, 0.25) is 0 Å². The van der Waals surface area contributed by atoms with Gasteiger partial charge in [-0.15, -0.1) is 0 Å². The molecule has 3 aliphatic rings. The fraction of sp³-hybridized carbons (Fsp3) is 0.818. The summed E-state index contributed by atoms with van der Waals surface area (Å²) in [4.78, 5) is 0. The molecule has 0 aliphatic heterocycles. The highest BCUT2D eigenvalue weighted by molar-refractivity contribution is 6.74. The Kier molecular flexibility index (Phi) is 9.64. The highest BCUT2D eigenvalue weighted by Crippen LogP contribution is 2.56. The second-order valence-corrected chi connectivity index (χ2v) is 25.5. The monoisotopic (exact) mass is 560 g/mol. The van der Waals surface area contributed by atoms with Crippen molar-refractivity contribution in [1.82, 2.24) is 0 Å². The molecule has 0 saturated heterocycles. The van der Waals surface area contributed by atoms with Gasteiger partial charge in [-0.1, -0.05) is 90.3 Å². The van der Waals surface area contributed by atoms with Crippen molar-refractivity contribution >= 4 is 16.6 Å². The van der Waals surface area contributed by atoms with Crippen LogP contribution in [-0.4, -0.2) is 40.6 Å². The molecule has 0 amide bonds. The topological polar surface area (TPSA) is 38.7 Å². The van der Waals surface area contributed by atoms with E-state index in [1.54, 1.807) is 5.57 Å². The van der Waals surface area contributed by atoms with Crippen LogP contribution in [0.1, 0.15) is 100 Å². The predicted molar refractivity (Wildman–Crippen MR) is 169 cm³/mol. The van der Waals surface area contributed by atoms with Crippen molar-refractivity contribution in [3.8, 4) is 0 Å². The summed E-state index contributed by atoms with van der Waals surface area (Å²) in [6, 6.07) is 0. The summed E-state index contributed by atoms with van der Waals surface area (Å²) in [5.41, 5.74) is 4.81. The Morgan fingerprint density at radius 1 is 0.974 bits per heavy atom. The first-order valence-corrected chi connectivity index (χ1v) is 21.2. The fourth-order valence-electron chi connectivity index (χ4n) is 6.57. The smallest absolute Gasteiger partial charge is 0.192 e. The minimum atomic E-state index is -1.87. The van der Waals surface area contributed by atoms with Crippen molar-refractivity contribution in [2.75, 3.05) is 6.61 Å². The van der Waals surface area contributed by atoms with Gasteiger partial charge in [0.05, 0.1) is 12.2 Å². The summed E-state index contributed by atoms with van der Waals surface area (Å²) >= 11 is 0. The van der Waals surface area contributed by atoms with Crippen LogP contribution in [0, 0.1) is 17.3 Å². The third-order valence-corrected chi connectivity index (χ3v) is 20.1. The van der Waals surface area contributed by atoms with E-state index in [0.717, 1.165) is 25.7 Å². The van der Waals surface area contributed by atoms with Gasteiger partial charge in [-0.05, 0) is 92.5 Å². The zero-order chi connectivity index (χ0) is 28.7. The van der Waals surface area contributed by atoms with Crippen molar-refractivity contribution in [2.24, 2.45) is 17.3 Å². The highest BCUT2D eigenvalue weighted by atomic mass is 28.4. The van der Waals surface area contributed by atoms with Gasteiger partial charge in [0, 0.05) is 12.5 Å². The molecule has 0 unspecified atom stereocenters. The number of hydrogen-bond donors (Lipinski definition) is 1. The Balaban J connectivity index is 1.86. The SMILES string of the molecule is C[C@@H](CO)C1=CC[C@H]2/C(=C/C=C3C[C@@H](O[Si](C)(C)C(C)(C)C)C[C@H](O[Si](C)(C)C(C)(C)C)C3)CCC[C@]12C. The quantitative estimate of drug-likeness (QED) is 0.249. The molecule has 2 fully saturated rings. The van der Waals surface area contributed by atoms with Crippen molar-refractivity contribution in [2.45, 2.75) is 149 Å². The minimum absolute atomic E-state index is 0.206. The van der Waals surface area contributed by atoms with Gasteiger partial charge in [0.15, 0.2) is 16.6 Å². The van der Waals surface area contributed by atoms with Crippen LogP contribution in [0.15, 0.2) is 34.9 Å². The van der Waals surface area contributed by atoms with Gasteiger partial charge in [-0.2, -0.15) is 0 Å². The van der Waals surface area contributed by atoms with Crippen molar-refractivity contribution in [3.05, 3.63) is 34.9 Å². The van der Waals surface area contributed by atoms with Crippen LogP contribution in [0.4, 0.5) is 0 Å². The Bertz CT molecular complexity index is 893. The first-order chi connectivity index (χ1) is 17.3. The van der Waals surface area contributed by atoms with E-state index in [-0.39, 0.29) is 40.2 Å². The molecule has 218 valence electrons. The van der Waals surface area contributed by atoms with Gasteiger partial charge in [-0.25, -0.2) is 0 Å². The van der Waals surface area contributed by atoms with Crippen LogP contribution < -0.4 is 0 Å². The zero-order valence-electron chi connectivity index (χ0n) is 27.0. The summed E-state index contributed by atoms with van der Waals surface area (Å²) in [6.45, 7) is 28.5. The average Bonchev–Trinajstić information content (AvgIpc) is 3.12. The molecular formula is C33H60O3Si2. The molecule has 0 spiro atoms. The summed E-state index contributed by atoms with van der Waals surface area (Å²) in [7, 11) is -3.73. The Morgan fingerprint density at radius 3 is 1.97 bits per heavy atom. The lowest BCUT2D eigenvalue weighted by atomic mass is 9.62. The number of aliphatic hydroxyl groups excluding tert-OH is 1. The van der Waals surface area contributed by atoms with Gasteiger partial charge >= 0.3 is 0 Å². The van der Waals surface area contributed by atoms with E-state index in [0.29, 0.717) is 5.92 Å². The van der Waals surface area contributed by atoms with E-state index in [2.05, 4.69) is 99.8 Å². The molecule has 1 N–H and O–H groups in total. The standard InChI is InChI=1S/C33H60O3Si2/c1-24(23-34)29-17-18-30-26(14-13-19-33(29,30)8)16-15-25-20-27(35-37(9,10)31(2,3)4)22-28(21-25)36-38(11,12)32(5,6)7/h15-17,24,27-28,30,34H,13-14,18-23H2,1-12H3/b26-16+/t24-,27+,28+,30-,33+/m0/s1. The molecule has 3 aliphatic carbocycles. The Labute approximate surface area is 237 Å². The van der Waals surface area contributed by atoms with Crippen LogP contribution in [0.25, 0.3) is 0 Å². The lowest BCUT2D eigenvalue weighted by molar-refractivity contribution is 0.0725. The van der Waals surface area contributed by atoms with Gasteiger partial charge in [0.25, 0.3) is 0 Å². The molecule has 0 heterocycles. The molecule has 2 saturated carbocycles. The molecule has 0 bridgehead atoms. The maximum absolute atomic E-state index is 9.87. The fourth-order valence-corrected chi connectivity index (χ4v) is 9.30. The molecule has 38 heavy (non-hydrogen) atoms. The van der Waals surface area contributed by atoms with E-state index in [4.69, 9.17) is 8.85 Å². The maximum Gasteiger partial charge on any atom is 0.192 e. The first-order valence-electron chi connectivity index (χ1n) is 15.4. The van der Waals surface area contributed by atoms with Gasteiger partial charge in [0.1, 0.15) is 0 Å². The number of hydrogen-bond acceptors (Lipinski definition) is 3. The molecule has 0 aromatic carbocycles. The average molecular weight is 561 g/mol. The Morgan fingerprint density at radius 2 is 1.50 bits per heavy atom. The zero-order valence-corrected chi connectivity index (χ0v) is 29.0. The number of fused-ring (bicyclic) bond motifs is 1. The largest absolute Gasteiger partial charge is 0.414 e. The molecule has 5 atom stereocenters. The van der Waals surface area contributed by atoms with E-state index >= 15 is 0 Å². The third kappa shape index (κ3) is 6.87. The van der Waals surface area contributed by atoms with Crippen molar-refractivity contribution in [1.29, 1.82) is 0 Å². The number of aliphatic hydroxyl groups is 1. The molecule has 5 heteroatoms. The van der Waals surface area contributed by atoms with Crippen molar-refractivity contribution < 1.29 is 14.0 Å². The summed E-state index contributed by atoms with van der Waals surface area (Å²) in [5.74, 6) is 0.849. The van der Waals surface area contributed by atoms with Gasteiger partial charge < -0.3 is 14.0 Å². The number of rotatable bonds is 7. The van der Waals surface area contributed by atoms with Crippen LogP contribution >= 0.6 is 0 Å². The van der Waals surface area contributed by atoms with E-state index < -0.39 is 16.6 Å². The van der Waals surface area contributed by atoms with Gasteiger partial charge in [-0.3, -0.25) is 0 Å². The van der Waals surface area contributed by atoms with E-state index in [1.165, 1.54) is 30.4 Å². The molecule has 0 aromatic rings. The minimum Gasteiger partial charge on any atom is -0.414 e. The summed E-state index contributed by atoms with van der Waals surface area (Å²) < 4.78 is 14.0. The summed E-state index contributed by atoms with van der Waals surface area (Å²) in [5, 5.41) is 10.3. The molecule has 3 nitrogen and oxygen atoms in total. The molecule has 3 rings (SSSR count). The normalized spacial score (nSPS) is 31.3. The van der Waals surface area contributed by atoms with Crippen molar-refractivity contribution in [3.63, 3.8) is 0 Å². The second kappa shape index (κ2) is 11.4. The van der Waals surface area contributed by atoms with E-state index in [1.807, 2.05) is 0 Å². The van der Waals surface area contributed by atoms with E-state index in [9.17, 15) is 5.11 Å². The van der Waals surface area contributed by atoms with Crippen LogP contribution in [0.5, 0.6) is 0 Å². The summed E-state index contributed by atoms with van der Waals surface area (Å²) in [6.07, 6.45) is 15.8. The highest BCUT2D eigenvalue weighted by Gasteiger charge is 2.46. The molecule has 0 aromatic heterocycles. The molecular weight excluding hydrogens is 501 g/mol. The predicted octanol–water partition coefficient (Wildman–Crippen LogP) is 9.57. The maximum atomic E-state index is 9.87. The van der Waals surface area contributed by atoms with Crippen LogP contribution in [0.2, 0.25) is 36.3 Å². The second-order valence-electron chi connectivity index (χ2n) is 16.0. The lowest BCUT2D eigenvalue weighted by Crippen LogP contribution is -2.48. The third-order valence-electron chi connectivity index (χ3n) is 11.0.